The lowest BCUT2D eigenvalue weighted by atomic mass is 10.1. The third kappa shape index (κ3) is 3.77. The number of para-hydroxylation sites is 1. The topological polar surface area (TPSA) is 46.2 Å². The van der Waals surface area contributed by atoms with Crippen molar-refractivity contribution >= 4 is 15.7 Å². The average Bonchev–Trinajstić information content (AvgIpc) is 2.48. The van der Waals surface area contributed by atoms with Gasteiger partial charge >= 0.3 is 0 Å². The van der Waals surface area contributed by atoms with Crippen molar-refractivity contribution in [1.29, 1.82) is 0 Å². The van der Waals surface area contributed by atoms with E-state index >= 15 is 0 Å². The molecule has 4 heteroatoms. The highest BCUT2D eigenvalue weighted by molar-refractivity contribution is 7.92. The maximum atomic E-state index is 12.6. The van der Waals surface area contributed by atoms with Gasteiger partial charge in [-0.3, -0.25) is 4.72 Å². The molecule has 2 aromatic rings. The highest BCUT2D eigenvalue weighted by Crippen LogP contribution is 2.25. The summed E-state index contributed by atoms with van der Waals surface area (Å²) in [5.41, 5.74) is 3.58. The number of nitrogens with one attached hydrogen (secondary N) is 1. The Morgan fingerprint density at radius 3 is 2.36 bits per heavy atom. The van der Waals surface area contributed by atoms with E-state index in [0.29, 0.717) is 12.1 Å². The number of anilines is 1. The van der Waals surface area contributed by atoms with Crippen LogP contribution in [-0.2, 0) is 16.4 Å². The molecule has 0 heterocycles. The van der Waals surface area contributed by atoms with Crippen LogP contribution in [0, 0.1) is 13.8 Å². The summed E-state index contributed by atoms with van der Waals surface area (Å²) in [5.74, 6) is 0. The van der Waals surface area contributed by atoms with Gasteiger partial charge in [0.25, 0.3) is 10.0 Å². The second kappa shape index (κ2) is 6.79. The summed E-state index contributed by atoms with van der Waals surface area (Å²) < 4.78 is 27.9. The first-order valence-corrected chi connectivity index (χ1v) is 8.71. The number of sulfonamides is 1. The summed E-state index contributed by atoms with van der Waals surface area (Å²) in [6.07, 6.45) is 4.67. The molecule has 0 radical (unpaired) electrons. The Kier molecular flexibility index (Phi) is 5.03. The molecule has 0 saturated heterocycles. The fourth-order valence-electron chi connectivity index (χ4n) is 2.20. The van der Waals surface area contributed by atoms with E-state index in [1.54, 1.807) is 24.3 Å². The number of allylic oxidation sites excluding steroid dienone is 2. The van der Waals surface area contributed by atoms with Crippen molar-refractivity contribution in [2.24, 2.45) is 0 Å². The minimum atomic E-state index is -3.57. The van der Waals surface area contributed by atoms with Gasteiger partial charge in [0.1, 0.15) is 0 Å². The van der Waals surface area contributed by atoms with Crippen LogP contribution in [0.3, 0.4) is 0 Å². The molecule has 0 aliphatic carbocycles. The lowest BCUT2D eigenvalue weighted by Gasteiger charge is -2.14. The minimum absolute atomic E-state index is 0.276. The van der Waals surface area contributed by atoms with E-state index in [1.165, 1.54) is 0 Å². The molecular weight excluding hydrogens is 294 g/mol. The molecule has 0 unspecified atom stereocenters. The Morgan fingerprint density at radius 1 is 1.05 bits per heavy atom. The van der Waals surface area contributed by atoms with Crippen molar-refractivity contribution in [2.45, 2.75) is 32.1 Å². The molecule has 0 fully saturated rings. The van der Waals surface area contributed by atoms with E-state index in [1.807, 2.05) is 51.1 Å². The van der Waals surface area contributed by atoms with Gasteiger partial charge in [-0.2, -0.15) is 0 Å². The van der Waals surface area contributed by atoms with Gasteiger partial charge in [-0.05, 0) is 50.5 Å². The fourth-order valence-corrected chi connectivity index (χ4v) is 3.37. The number of benzene rings is 2. The van der Waals surface area contributed by atoms with Gasteiger partial charge in [0.2, 0.25) is 0 Å². The maximum Gasteiger partial charge on any atom is 0.261 e. The van der Waals surface area contributed by atoms with Crippen molar-refractivity contribution in [3.8, 4) is 0 Å². The molecule has 22 heavy (non-hydrogen) atoms. The average molecular weight is 315 g/mol. The van der Waals surface area contributed by atoms with Gasteiger partial charge in [0.15, 0.2) is 0 Å². The zero-order valence-electron chi connectivity index (χ0n) is 13.1. The van der Waals surface area contributed by atoms with Crippen LogP contribution in [0.4, 0.5) is 5.69 Å². The SMILES string of the molecule is C/C=C/Cc1cccc(C)c1NS(=O)(=O)c1ccc(C)cc1. The summed E-state index contributed by atoms with van der Waals surface area (Å²) in [6, 6.07) is 12.6. The van der Waals surface area contributed by atoms with Crippen LogP contribution >= 0.6 is 0 Å². The van der Waals surface area contributed by atoms with Crippen LogP contribution in [0.15, 0.2) is 59.5 Å². The van der Waals surface area contributed by atoms with Crippen LogP contribution in [0.1, 0.15) is 23.6 Å². The molecule has 0 bridgehead atoms. The predicted octanol–water partition coefficient (Wildman–Crippen LogP) is 4.22. The van der Waals surface area contributed by atoms with Crippen molar-refractivity contribution in [1.82, 2.24) is 0 Å². The highest BCUT2D eigenvalue weighted by Gasteiger charge is 2.16. The van der Waals surface area contributed by atoms with Gasteiger partial charge in [0.05, 0.1) is 10.6 Å². The Bertz CT molecular complexity index is 775. The molecular formula is C18H21NO2S. The standard InChI is InChI=1S/C18H21NO2S/c1-4-5-8-16-9-6-7-15(3)18(16)19-22(20,21)17-12-10-14(2)11-13-17/h4-7,9-13,19H,8H2,1-3H3/b5-4+. The van der Waals surface area contributed by atoms with Gasteiger partial charge < -0.3 is 0 Å². The molecule has 0 aliphatic rings. The van der Waals surface area contributed by atoms with Crippen molar-refractivity contribution in [2.75, 3.05) is 4.72 Å². The van der Waals surface area contributed by atoms with E-state index in [-0.39, 0.29) is 4.90 Å². The molecule has 0 atom stereocenters. The van der Waals surface area contributed by atoms with Crippen molar-refractivity contribution < 1.29 is 8.42 Å². The zero-order valence-corrected chi connectivity index (χ0v) is 13.9. The van der Waals surface area contributed by atoms with E-state index in [4.69, 9.17) is 0 Å². The third-order valence-corrected chi connectivity index (χ3v) is 4.87. The third-order valence-electron chi connectivity index (χ3n) is 3.50. The first-order chi connectivity index (χ1) is 10.4. The van der Waals surface area contributed by atoms with E-state index in [9.17, 15) is 8.42 Å². The lowest BCUT2D eigenvalue weighted by molar-refractivity contribution is 0.601. The van der Waals surface area contributed by atoms with Crippen LogP contribution in [0.25, 0.3) is 0 Å². The Morgan fingerprint density at radius 2 is 1.73 bits per heavy atom. The first kappa shape index (κ1) is 16.3. The van der Waals surface area contributed by atoms with Gasteiger partial charge in [-0.1, -0.05) is 48.0 Å². The van der Waals surface area contributed by atoms with E-state index < -0.39 is 10.0 Å². The summed E-state index contributed by atoms with van der Waals surface area (Å²) in [6.45, 7) is 5.79. The summed E-state index contributed by atoms with van der Waals surface area (Å²) >= 11 is 0. The molecule has 116 valence electrons. The number of rotatable bonds is 5. The lowest BCUT2D eigenvalue weighted by Crippen LogP contribution is -2.15. The summed E-state index contributed by atoms with van der Waals surface area (Å²) in [4.78, 5) is 0.276. The van der Waals surface area contributed by atoms with Crippen molar-refractivity contribution in [3.63, 3.8) is 0 Å². The van der Waals surface area contributed by atoms with E-state index in [0.717, 1.165) is 16.7 Å². The summed E-state index contributed by atoms with van der Waals surface area (Å²) in [5, 5.41) is 0. The second-order valence-corrected chi connectivity index (χ2v) is 6.98. The number of hydrogen-bond acceptors (Lipinski definition) is 2. The monoisotopic (exact) mass is 315 g/mol. The summed E-state index contributed by atoms with van der Waals surface area (Å²) in [7, 11) is -3.57. The molecule has 0 amide bonds. The normalized spacial score (nSPS) is 11.8. The molecule has 1 N–H and O–H groups in total. The number of aryl methyl sites for hydroxylation is 2. The Hall–Kier alpha value is -2.07. The molecule has 0 aromatic heterocycles. The quantitative estimate of drug-likeness (QED) is 0.840. The Labute approximate surface area is 132 Å². The van der Waals surface area contributed by atoms with Gasteiger partial charge in [-0.25, -0.2) is 8.42 Å². The van der Waals surface area contributed by atoms with Gasteiger partial charge in [-0.15, -0.1) is 0 Å². The minimum Gasteiger partial charge on any atom is -0.279 e. The van der Waals surface area contributed by atoms with E-state index in [2.05, 4.69) is 4.72 Å². The maximum absolute atomic E-state index is 12.6. The molecule has 0 saturated carbocycles. The van der Waals surface area contributed by atoms with Crippen LogP contribution in [0.5, 0.6) is 0 Å². The second-order valence-electron chi connectivity index (χ2n) is 5.30. The van der Waals surface area contributed by atoms with Crippen LogP contribution < -0.4 is 4.72 Å². The fraction of sp³-hybridized carbons (Fsp3) is 0.222. The first-order valence-electron chi connectivity index (χ1n) is 7.23. The largest absolute Gasteiger partial charge is 0.279 e. The highest BCUT2D eigenvalue weighted by atomic mass is 32.2. The smallest absolute Gasteiger partial charge is 0.261 e. The van der Waals surface area contributed by atoms with Crippen LogP contribution in [0.2, 0.25) is 0 Å². The molecule has 3 nitrogen and oxygen atoms in total. The van der Waals surface area contributed by atoms with Gasteiger partial charge in [0, 0.05) is 0 Å². The number of hydrogen-bond donors (Lipinski definition) is 1. The molecule has 2 rings (SSSR count). The molecule has 0 aliphatic heterocycles. The predicted molar refractivity (Wildman–Crippen MR) is 91.7 cm³/mol. The Balaban J connectivity index is 2.39. The molecule has 0 spiro atoms. The van der Waals surface area contributed by atoms with Crippen molar-refractivity contribution in [3.05, 3.63) is 71.3 Å². The molecule has 2 aromatic carbocycles. The zero-order chi connectivity index (χ0) is 16.2. The van der Waals surface area contributed by atoms with Crippen LogP contribution in [-0.4, -0.2) is 8.42 Å².